The molecule has 0 aliphatic heterocycles. The van der Waals surface area contributed by atoms with E-state index in [0.29, 0.717) is 0 Å². The minimum atomic E-state index is -6.00. The Bertz CT molecular complexity index is 405. The van der Waals surface area contributed by atoms with E-state index < -0.39 is 7.25 Å². The maximum Gasteiger partial charge on any atom is 0.673 e. The Balaban J connectivity index is 0.000000385. The second-order valence-corrected chi connectivity index (χ2v) is 2.95. The van der Waals surface area contributed by atoms with E-state index in [1.54, 1.807) is 12.3 Å². The van der Waals surface area contributed by atoms with Crippen LogP contribution in [0.25, 0.3) is 0 Å². The van der Waals surface area contributed by atoms with Gasteiger partial charge < -0.3 is 23.0 Å². The van der Waals surface area contributed by atoms with Crippen LogP contribution in [-0.2, 0) is 0 Å². The third kappa shape index (κ3) is 5.19. The number of nitriles is 1. The van der Waals surface area contributed by atoms with Crippen molar-refractivity contribution in [3.05, 3.63) is 23.5 Å². The Hall–Kier alpha value is -1.78. The number of nitrogens with two attached hydrogens (primary N) is 1. The molecule has 8 heteroatoms. The first-order chi connectivity index (χ1) is 7.16. The fraction of sp³-hybridized carbons (Fsp3) is 0.250. The van der Waals surface area contributed by atoms with Gasteiger partial charge in [0.2, 0.25) is 0 Å². The first-order valence-electron chi connectivity index (χ1n) is 4.21. The van der Waals surface area contributed by atoms with Gasteiger partial charge in [-0.1, -0.05) is 0 Å². The van der Waals surface area contributed by atoms with Crippen molar-refractivity contribution < 1.29 is 21.8 Å². The summed E-state index contributed by atoms with van der Waals surface area (Å²) < 4.78 is 40.5. The van der Waals surface area contributed by atoms with Gasteiger partial charge in [0.15, 0.2) is 5.26 Å². The lowest BCUT2D eigenvalue weighted by Gasteiger charge is -2.00. The SMILES string of the molecule is Cc1c(N)cc[n+](C#N)c1C.F[B-](F)(F)F. The summed E-state index contributed by atoms with van der Waals surface area (Å²) in [4.78, 5) is 0. The van der Waals surface area contributed by atoms with Crippen molar-refractivity contribution in [1.82, 2.24) is 0 Å². The molecule has 1 aromatic rings. The number of nitrogen functional groups attached to an aromatic ring is 1. The molecule has 0 aromatic carbocycles. The molecule has 0 unspecified atom stereocenters. The summed E-state index contributed by atoms with van der Waals surface area (Å²) in [6.45, 7) is 3.77. The normalized spacial score (nSPS) is 10.1. The van der Waals surface area contributed by atoms with E-state index >= 15 is 0 Å². The molecule has 0 saturated heterocycles. The van der Waals surface area contributed by atoms with E-state index in [1.807, 2.05) is 20.0 Å². The van der Waals surface area contributed by atoms with Gasteiger partial charge in [-0.05, 0) is 13.8 Å². The van der Waals surface area contributed by atoms with E-state index in [9.17, 15) is 17.3 Å². The molecule has 0 bridgehead atoms. The minimum Gasteiger partial charge on any atom is -0.418 e. The highest BCUT2D eigenvalue weighted by atomic mass is 19.5. The summed E-state index contributed by atoms with van der Waals surface area (Å²) in [7, 11) is -6.00. The van der Waals surface area contributed by atoms with Gasteiger partial charge in [0, 0.05) is 17.3 Å². The van der Waals surface area contributed by atoms with Crippen molar-refractivity contribution in [3.8, 4) is 6.19 Å². The zero-order valence-electron chi connectivity index (χ0n) is 8.72. The molecule has 0 atom stereocenters. The number of rotatable bonds is 0. The van der Waals surface area contributed by atoms with Crippen LogP contribution >= 0.6 is 0 Å². The molecule has 0 spiro atoms. The van der Waals surface area contributed by atoms with Gasteiger partial charge in [0.1, 0.15) is 11.9 Å². The number of anilines is 1. The topological polar surface area (TPSA) is 53.7 Å². The van der Waals surface area contributed by atoms with E-state index in [1.165, 1.54) is 4.57 Å². The molecule has 1 aromatic heterocycles. The van der Waals surface area contributed by atoms with Crippen molar-refractivity contribution in [1.29, 1.82) is 5.26 Å². The molecule has 0 aliphatic rings. The zero-order valence-corrected chi connectivity index (χ0v) is 8.72. The van der Waals surface area contributed by atoms with Crippen molar-refractivity contribution in [2.75, 3.05) is 5.73 Å². The van der Waals surface area contributed by atoms with E-state index in [2.05, 4.69) is 0 Å². The smallest absolute Gasteiger partial charge is 0.418 e. The average molecular weight is 235 g/mol. The van der Waals surface area contributed by atoms with E-state index in [0.717, 1.165) is 16.9 Å². The van der Waals surface area contributed by atoms with Crippen LogP contribution in [-0.4, -0.2) is 7.25 Å². The molecule has 2 N–H and O–H groups in total. The summed E-state index contributed by atoms with van der Waals surface area (Å²) in [5.74, 6) is 0. The molecule has 0 saturated carbocycles. The molecule has 3 nitrogen and oxygen atoms in total. The van der Waals surface area contributed by atoms with Crippen molar-refractivity contribution in [2.24, 2.45) is 0 Å². The number of aromatic nitrogens is 1. The molecular weight excluding hydrogens is 225 g/mol. The molecule has 0 aliphatic carbocycles. The number of nitrogens with zero attached hydrogens (tertiary/aromatic N) is 2. The van der Waals surface area contributed by atoms with E-state index in [-0.39, 0.29) is 0 Å². The fourth-order valence-corrected chi connectivity index (χ4v) is 0.890. The summed E-state index contributed by atoms with van der Waals surface area (Å²) in [6, 6.07) is 1.73. The van der Waals surface area contributed by atoms with E-state index in [4.69, 9.17) is 11.0 Å². The van der Waals surface area contributed by atoms with Crippen LogP contribution in [0.2, 0.25) is 0 Å². The van der Waals surface area contributed by atoms with Crippen molar-refractivity contribution >= 4 is 12.9 Å². The monoisotopic (exact) mass is 235 g/mol. The molecule has 0 amide bonds. The quantitative estimate of drug-likeness (QED) is 0.423. The lowest BCUT2D eigenvalue weighted by atomic mass is 10.2. The largest absolute Gasteiger partial charge is 0.673 e. The van der Waals surface area contributed by atoms with Gasteiger partial charge in [0.25, 0.3) is 0 Å². The number of pyridine rings is 1. The minimum absolute atomic E-state index is 0.731. The zero-order chi connectivity index (χ0) is 12.9. The summed E-state index contributed by atoms with van der Waals surface area (Å²) in [5, 5.41) is 8.61. The summed E-state index contributed by atoms with van der Waals surface area (Å²) >= 11 is 0. The van der Waals surface area contributed by atoms with Gasteiger partial charge in [-0.3, -0.25) is 0 Å². The third-order valence-corrected chi connectivity index (χ3v) is 1.85. The van der Waals surface area contributed by atoms with Crippen LogP contribution in [0, 0.1) is 25.3 Å². The Morgan fingerprint density at radius 2 is 1.75 bits per heavy atom. The highest BCUT2D eigenvalue weighted by molar-refractivity contribution is 6.50. The Labute approximate surface area is 90.2 Å². The number of halogens is 4. The van der Waals surface area contributed by atoms with Crippen molar-refractivity contribution in [2.45, 2.75) is 13.8 Å². The highest BCUT2D eigenvalue weighted by Gasteiger charge is 2.20. The maximum atomic E-state index is 9.75. The van der Waals surface area contributed by atoms with Crippen LogP contribution in [0.5, 0.6) is 0 Å². The lowest BCUT2D eigenvalue weighted by Crippen LogP contribution is -2.32. The lowest BCUT2D eigenvalue weighted by molar-refractivity contribution is -0.593. The second-order valence-electron chi connectivity index (χ2n) is 2.95. The van der Waals surface area contributed by atoms with Gasteiger partial charge in [-0.25, -0.2) is 0 Å². The second kappa shape index (κ2) is 5.35. The Morgan fingerprint density at radius 3 is 2.12 bits per heavy atom. The molecule has 16 heavy (non-hydrogen) atoms. The Kier molecular flexibility index (Phi) is 4.75. The van der Waals surface area contributed by atoms with Crippen LogP contribution < -0.4 is 10.3 Å². The molecule has 1 heterocycles. The average Bonchev–Trinajstić information content (AvgIpc) is 2.12. The highest BCUT2D eigenvalue weighted by Crippen LogP contribution is 2.09. The fourth-order valence-electron chi connectivity index (χ4n) is 0.890. The van der Waals surface area contributed by atoms with Gasteiger partial charge in [-0.2, -0.15) is 0 Å². The van der Waals surface area contributed by atoms with Crippen LogP contribution in [0.3, 0.4) is 0 Å². The maximum absolute atomic E-state index is 9.75. The first-order valence-corrected chi connectivity index (χ1v) is 4.21. The standard InChI is InChI=1S/C8H9N3.BF4/c1-6-7(2)11(5-9)4-3-8(6)10;2-1(3,4)5/h3-4,10H,1-2H3;/q;-1/p+1. The van der Waals surface area contributed by atoms with Crippen LogP contribution in [0.1, 0.15) is 11.3 Å². The first kappa shape index (κ1) is 14.2. The predicted octanol–water partition coefficient (Wildman–Crippen LogP) is 1.80. The third-order valence-electron chi connectivity index (χ3n) is 1.85. The van der Waals surface area contributed by atoms with Crippen LogP contribution in [0.4, 0.5) is 23.0 Å². The number of hydrogen-bond acceptors (Lipinski definition) is 2. The van der Waals surface area contributed by atoms with Gasteiger partial charge in [0.05, 0.1) is 0 Å². The van der Waals surface area contributed by atoms with Gasteiger partial charge in [-0.15, -0.1) is 4.57 Å². The van der Waals surface area contributed by atoms with Gasteiger partial charge >= 0.3 is 13.4 Å². The number of hydrogen-bond donors (Lipinski definition) is 1. The summed E-state index contributed by atoms with van der Waals surface area (Å²) in [6.07, 6.45) is 3.69. The van der Waals surface area contributed by atoms with Crippen molar-refractivity contribution in [3.63, 3.8) is 0 Å². The summed E-state index contributed by atoms with van der Waals surface area (Å²) in [5.41, 5.74) is 8.21. The molecule has 0 fully saturated rings. The Morgan fingerprint density at radius 1 is 1.31 bits per heavy atom. The predicted molar refractivity (Wildman–Crippen MR) is 51.7 cm³/mol. The molecule has 88 valence electrons. The molecule has 1 rings (SSSR count). The molecular formula is C8H10BF4N3. The van der Waals surface area contributed by atoms with Crippen LogP contribution in [0.15, 0.2) is 12.3 Å². The molecule has 0 radical (unpaired) electrons.